The second-order valence-electron chi connectivity index (χ2n) is 8.76. The van der Waals surface area contributed by atoms with Gasteiger partial charge in [-0.1, -0.05) is 25.5 Å². The number of hydrogen-bond donors (Lipinski definition) is 3. The summed E-state index contributed by atoms with van der Waals surface area (Å²) in [6.45, 7) is 9.90. The van der Waals surface area contributed by atoms with E-state index >= 15 is 0 Å². The van der Waals surface area contributed by atoms with Crippen LogP contribution in [0.3, 0.4) is 0 Å². The molecule has 0 unspecified atom stereocenters. The van der Waals surface area contributed by atoms with Crippen molar-refractivity contribution in [3.05, 3.63) is 12.2 Å². The van der Waals surface area contributed by atoms with Gasteiger partial charge in [0.05, 0.1) is 13.7 Å². The van der Waals surface area contributed by atoms with Crippen LogP contribution in [0.25, 0.3) is 0 Å². The minimum atomic E-state index is -1.33. The first-order chi connectivity index (χ1) is 16.2. The molecule has 0 heterocycles. The second kappa shape index (κ2) is 15.7. The summed E-state index contributed by atoms with van der Waals surface area (Å²) in [6, 6.07) is -3.14. The van der Waals surface area contributed by atoms with Gasteiger partial charge in [0, 0.05) is 6.42 Å². The fourth-order valence-corrected chi connectivity index (χ4v) is 2.37. The van der Waals surface area contributed by atoms with E-state index in [1.54, 1.807) is 20.8 Å². The molecule has 0 aromatic carbocycles. The monoisotopic (exact) mass is 501 g/mol. The number of hydrogen-bond acceptors (Lipinski definition) is 10. The number of amides is 2. The van der Waals surface area contributed by atoms with Crippen molar-refractivity contribution < 1.29 is 42.9 Å². The maximum Gasteiger partial charge on any atom is 0.408 e. The molecule has 0 aromatic rings. The number of esters is 3. The molecular formula is C23H39N3O9. The Kier molecular flexibility index (Phi) is 14.3. The third-order valence-corrected chi connectivity index (χ3v) is 4.26. The fraction of sp³-hybridized carbons (Fsp3) is 0.696. The average Bonchev–Trinajstić information content (AvgIpc) is 2.75. The molecule has 12 nitrogen and oxygen atoms in total. The summed E-state index contributed by atoms with van der Waals surface area (Å²) in [7, 11) is 1.19. The molecule has 0 aromatic heterocycles. The summed E-state index contributed by atoms with van der Waals surface area (Å²) < 4.78 is 20.0. The summed E-state index contributed by atoms with van der Waals surface area (Å²) in [5.74, 6) is -2.94. The first-order valence-corrected chi connectivity index (χ1v) is 11.4. The molecule has 2 amide bonds. The molecule has 0 rings (SSSR count). The lowest BCUT2D eigenvalue weighted by molar-refractivity contribution is -0.168. The van der Waals surface area contributed by atoms with Gasteiger partial charge in [0.2, 0.25) is 12.0 Å². The summed E-state index contributed by atoms with van der Waals surface area (Å²) in [4.78, 5) is 60.3. The molecule has 0 saturated heterocycles. The van der Waals surface area contributed by atoms with E-state index in [1.807, 2.05) is 6.92 Å². The molecule has 0 bridgehead atoms. The highest BCUT2D eigenvalue weighted by Gasteiger charge is 2.28. The first kappa shape index (κ1) is 31.8. The van der Waals surface area contributed by atoms with Crippen LogP contribution in [0.5, 0.6) is 0 Å². The number of unbranched alkanes of at least 4 members (excludes halogenated alkanes) is 1. The van der Waals surface area contributed by atoms with E-state index in [9.17, 15) is 24.0 Å². The van der Waals surface area contributed by atoms with E-state index in [2.05, 4.69) is 15.4 Å². The molecule has 0 saturated carbocycles. The Labute approximate surface area is 206 Å². The molecule has 200 valence electrons. The zero-order chi connectivity index (χ0) is 27.2. The Morgan fingerprint density at radius 1 is 0.971 bits per heavy atom. The predicted octanol–water partition coefficient (Wildman–Crippen LogP) is 1.11. The van der Waals surface area contributed by atoms with Crippen LogP contribution in [-0.4, -0.2) is 73.5 Å². The molecule has 0 fully saturated rings. The highest BCUT2D eigenvalue weighted by atomic mass is 16.6. The van der Waals surface area contributed by atoms with Crippen molar-refractivity contribution in [1.29, 1.82) is 0 Å². The number of rotatable bonds is 13. The Balaban J connectivity index is 5.14. The van der Waals surface area contributed by atoms with Gasteiger partial charge >= 0.3 is 24.0 Å². The highest BCUT2D eigenvalue weighted by molar-refractivity contribution is 5.88. The van der Waals surface area contributed by atoms with Crippen LogP contribution in [0.4, 0.5) is 4.79 Å². The summed E-state index contributed by atoms with van der Waals surface area (Å²) in [5.41, 5.74) is 5.03. The maximum atomic E-state index is 12.5. The van der Waals surface area contributed by atoms with Gasteiger partial charge in [0.25, 0.3) is 0 Å². The fourth-order valence-electron chi connectivity index (χ4n) is 2.37. The SMILES string of the molecule is CCCCOC(=O)[C@H](C/C=C/[C@H](N)C(=O)N[C@H](C)C(=O)OC)OC(=O)[C@H](C)NC(=O)OC(C)(C)C. The largest absolute Gasteiger partial charge is 0.467 e. The van der Waals surface area contributed by atoms with Crippen LogP contribution in [-0.2, 0) is 38.1 Å². The van der Waals surface area contributed by atoms with Crippen molar-refractivity contribution in [2.45, 2.75) is 90.6 Å². The van der Waals surface area contributed by atoms with Crippen molar-refractivity contribution in [3.63, 3.8) is 0 Å². The van der Waals surface area contributed by atoms with Gasteiger partial charge < -0.3 is 35.3 Å². The molecule has 0 aliphatic carbocycles. The van der Waals surface area contributed by atoms with E-state index in [0.29, 0.717) is 6.42 Å². The summed E-state index contributed by atoms with van der Waals surface area (Å²) in [6.07, 6.45) is 1.82. The normalized spacial score (nSPS) is 14.7. The van der Waals surface area contributed by atoms with E-state index < -0.39 is 59.7 Å². The third kappa shape index (κ3) is 14.0. The zero-order valence-corrected chi connectivity index (χ0v) is 21.5. The molecule has 4 atom stereocenters. The Hall–Kier alpha value is -3.15. The van der Waals surface area contributed by atoms with Gasteiger partial charge in [-0.05, 0) is 41.0 Å². The van der Waals surface area contributed by atoms with Gasteiger partial charge in [-0.3, -0.25) is 4.79 Å². The lowest BCUT2D eigenvalue weighted by Crippen LogP contribution is -2.46. The number of carbonyl (C=O) groups is 5. The van der Waals surface area contributed by atoms with E-state index in [-0.39, 0.29) is 13.0 Å². The second-order valence-corrected chi connectivity index (χ2v) is 8.76. The standard InChI is InChI=1S/C23H39N3O9/c1-8-9-13-33-21(30)17(34-20(29)15(3)26-22(31)35-23(4,5)6)12-10-11-16(24)18(27)25-14(2)19(28)32-7/h10-11,14-17H,8-9,12-13,24H2,1-7H3,(H,25,27)(H,26,31)/b11-10+/t14-,15+,16+,17+/m1/s1. The Bertz CT molecular complexity index is 762. The molecule has 35 heavy (non-hydrogen) atoms. The van der Waals surface area contributed by atoms with Gasteiger partial charge in [0.15, 0.2) is 0 Å². The number of ether oxygens (including phenoxy) is 4. The van der Waals surface area contributed by atoms with Gasteiger partial charge in [-0.15, -0.1) is 0 Å². The van der Waals surface area contributed by atoms with Gasteiger partial charge in [-0.2, -0.15) is 0 Å². The van der Waals surface area contributed by atoms with E-state index in [4.69, 9.17) is 19.9 Å². The molecular weight excluding hydrogens is 462 g/mol. The number of alkyl carbamates (subject to hydrolysis) is 1. The van der Waals surface area contributed by atoms with Crippen molar-refractivity contribution in [2.75, 3.05) is 13.7 Å². The van der Waals surface area contributed by atoms with Crippen LogP contribution in [0.2, 0.25) is 0 Å². The average molecular weight is 502 g/mol. The van der Waals surface area contributed by atoms with Crippen LogP contribution < -0.4 is 16.4 Å². The van der Waals surface area contributed by atoms with Gasteiger partial charge in [0.1, 0.15) is 23.7 Å². The zero-order valence-electron chi connectivity index (χ0n) is 21.5. The number of methoxy groups -OCH3 is 1. The van der Waals surface area contributed by atoms with Crippen LogP contribution in [0.1, 0.15) is 60.8 Å². The van der Waals surface area contributed by atoms with E-state index in [1.165, 1.54) is 33.1 Å². The first-order valence-electron chi connectivity index (χ1n) is 11.4. The van der Waals surface area contributed by atoms with Crippen molar-refractivity contribution in [3.8, 4) is 0 Å². The van der Waals surface area contributed by atoms with E-state index in [0.717, 1.165) is 6.42 Å². The predicted molar refractivity (Wildman–Crippen MR) is 126 cm³/mol. The topological polar surface area (TPSA) is 172 Å². The van der Waals surface area contributed by atoms with Crippen LogP contribution in [0, 0.1) is 0 Å². The maximum absolute atomic E-state index is 12.5. The lowest BCUT2D eigenvalue weighted by Gasteiger charge is -2.22. The van der Waals surface area contributed by atoms with Crippen LogP contribution in [0.15, 0.2) is 12.2 Å². The van der Waals surface area contributed by atoms with Crippen molar-refractivity contribution >= 4 is 29.9 Å². The quantitative estimate of drug-likeness (QED) is 0.144. The molecule has 0 aliphatic rings. The lowest BCUT2D eigenvalue weighted by atomic mass is 10.2. The smallest absolute Gasteiger partial charge is 0.408 e. The van der Waals surface area contributed by atoms with Crippen molar-refractivity contribution in [2.24, 2.45) is 5.73 Å². The number of nitrogens with one attached hydrogen (secondary N) is 2. The number of carbonyl (C=O) groups excluding carboxylic acids is 5. The van der Waals surface area contributed by atoms with Crippen molar-refractivity contribution in [1.82, 2.24) is 10.6 Å². The molecule has 4 N–H and O–H groups in total. The van der Waals surface area contributed by atoms with Crippen LogP contribution >= 0.6 is 0 Å². The molecule has 0 spiro atoms. The summed E-state index contributed by atoms with van der Waals surface area (Å²) >= 11 is 0. The number of nitrogens with two attached hydrogens (primary N) is 1. The summed E-state index contributed by atoms with van der Waals surface area (Å²) in [5, 5.41) is 4.73. The Morgan fingerprint density at radius 3 is 2.11 bits per heavy atom. The molecule has 0 radical (unpaired) electrons. The minimum Gasteiger partial charge on any atom is -0.467 e. The molecule has 12 heteroatoms. The third-order valence-electron chi connectivity index (χ3n) is 4.26. The molecule has 0 aliphatic heterocycles. The highest BCUT2D eigenvalue weighted by Crippen LogP contribution is 2.09. The Morgan fingerprint density at radius 2 is 1.57 bits per heavy atom. The minimum absolute atomic E-state index is 0.136. The van der Waals surface area contributed by atoms with Gasteiger partial charge in [-0.25, -0.2) is 19.2 Å².